The molecule has 0 aromatic heterocycles. The molecule has 1 aliphatic rings. The van der Waals surface area contributed by atoms with Crippen molar-refractivity contribution in [3.8, 4) is 5.75 Å². The van der Waals surface area contributed by atoms with Gasteiger partial charge in [-0.1, -0.05) is 32.8 Å². The summed E-state index contributed by atoms with van der Waals surface area (Å²) in [7, 11) is 0. The Bertz CT molecular complexity index is 371. The molecule has 0 saturated carbocycles. The normalized spacial score (nSPS) is 15.8. The fourth-order valence-corrected chi connectivity index (χ4v) is 2.43. The van der Waals surface area contributed by atoms with Gasteiger partial charge in [-0.05, 0) is 18.1 Å². The second-order valence-electron chi connectivity index (χ2n) is 5.23. The molecule has 1 aromatic carbocycles. The lowest BCUT2D eigenvalue weighted by molar-refractivity contribution is 0.240. The van der Waals surface area contributed by atoms with Gasteiger partial charge in [0.1, 0.15) is 5.75 Å². The van der Waals surface area contributed by atoms with Gasteiger partial charge in [0.15, 0.2) is 0 Å². The van der Waals surface area contributed by atoms with Crippen LogP contribution in [0, 0.1) is 5.92 Å². The minimum atomic E-state index is 0.669. The van der Waals surface area contributed by atoms with Crippen molar-refractivity contribution in [3.63, 3.8) is 0 Å². The standard InChI is InChI=1S/C16H26N2O/c1-3-14(4-2)13-19-16-7-5-6-15(12-16)18-10-8-17-9-11-18/h5-7,12,14,17H,3-4,8-11,13H2,1-2H3. The summed E-state index contributed by atoms with van der Waals surface area (Å²) in [5.41, 5.74) is 1.28. The zero-order valence-corrected chi connectivity index (χ0v) is 12.2. The average molecular weight is 262 g/mol. The first kappa shape index (κ1) is 14.2. The van der Waals surface area contributed by atoms with Crippen molar-refractivity contribution in [2.75, 3.05) is 37.7 Å². The zero-order valence-electron chi connectivity index (χ0n) is 12.2. The predicted octanol–water partition coefficient (Wildman–Crippen LogP) is 2.91. The summed E-state index contributed by atoms with van der Waals surface area (Å²) < 4.78 is 5.94. The van der Waals surface area contributed by atoms with E-state index >= 15 is 0 Å². The Morgan fingerprint density at radius 3 is 2.63 bits per heavy atom. The van der Waals surface area contributed by atoms with E-state index in [4.69, 9.17) is 4.74 Å². The van der Waals surface area contributed by atoms with Gasteiger partial charge in [0.25, 0.3) is 0 Å². The van der Waals surface area contributed by atoms with Crippen LogP contribution in [0.5, 0.6) is 5.75 Å². The van der Waals surface area contributed by atoms with Crippen molar-refractivity contribution in [2.45, 2.75) is 26.7 Å². The summed E-state index contributed by atoms with van der Waals surface area (Å²) in [6.07, 6.45) is 2.38. The highest BCUT2D eigenvalue weighted by molar-refractivity contribution is 5.51. The number of piperazine rings is 1. The van der Waals surface area contributed by atoms with E-state index in [2.05, 4.69) is 48.3 Å². The quantitative estimate of drug-likeness (QED) is 0.853. The van der Waals surface area contributed by atoms with E-state index in [0.29, 0.717) is 5.92 Å². The third-order valence-corrected chi connectivity index (χ3v) is 3.94. The minimum Gasteiger partial charge on any atom is -0.493 e. The average Bonchev–Trinajstić information content (AvgIpc) is 2.49. The first-order chi connectivity index (χ1) is 9.33. The summed E-state index contributed by atoms with van der Waals surface area (Å²) in [6.45, 7) is 9.59. The van der Waals surface area contributed by atoms with Gasteiger partial charge in [-0.25, -0.2) is 0 Å². The lowest BCUT2D eigenvalue weighted by atomic mass is 10.1. The van der Waals surface area contributed by atoms with Crippen molar-refractivity contribution in [2.24, 2.45) is 5.92 Å². The van der Waals surface area contributed by atoms with Crippen LogP contribution in [0.25, 0.3) is 0 Å². The van der Waals surface area contributed by atoms with Crippen LogP contribution < -0.4 is 15.0 Å². The Morgan fingerprint density at radius 2 is 1.95 bits per heavy atom. The lowest BCUT2D eigenvalue weighted by Gasteiger charge is -2.29. The third kappa shape index (κ3) is 4.13. The number of benzene rings is 1. The maximum atomic E-state index is 5.94. The van der Waals surface area contributed by atoms with Gasteiger partial charge in [-0.2, -0.15) is 0 Å². The molecule has 1 saturated heterocycles. The van der Waals surface area contributed by atoms with Crippen molar-refractivity contribution in [1.29, 1.82) is 0 Å². The second kappa shape index (κ2) is 7.39. The molecule has 0 radical (unpaired) electrons. The Kier molecular flexibility index (Phi) is 5.52. The zero-order chi connectivity index (χ0) is 13.5. The van der Waals surface area contributed by atoms with Crippen LogP contribution in [0.2, 0.25) is 0 Å². The molecule has 1 aromatic rings. The van der Waals surface area contributed by atoms with Crippen LogP contribution >= 0.6 is 0 Å². The molecule has 0 unspecified atom stereocenters. The van der Waals surface area contributed by atoms with Gasteiger partial charge in [-0.3, -0.25) is 0 Å². The summed E-state index contributed by atoms with van der Waals surface area (Å²) in [5.74, 6) is 1.67. The van der Waals surface area contributed by atoms with Crippen molar-refractivity contribution < 1.29 is 4.74 Å². The summed E-state index contributed by atoms with van der Waals surface area (Å²) >= 11 is 0. The van der Waals surface area contributed by atoms with Crippen molar-refractivity contribution in [1.82, 2.24) is 5.32 Å². The fourth-order valence-electron chi connectivity index (χ4n) is 2.43. The molecular weight excluding hydrogens is 236 g/mol. The minimum absolute atomic E-state index is 0.669. The SMILES string of the molecule is CCC(CC)COc1cccc(N2CCNCC2)c1. The highest BCUT2D eigenvalue weighted by Crippen LogP contribution is 2.22. The number of hydrogen-bond acceptors (Lipinski definition) is 3. The molecule has 19 heavy (non-hydrogen) atoms. The van der Waals surface area contributed by atoms with E-state index < -0.39 is 0 Å². The number of nitrogens with zero attached hydrogens (tertiary/aromatic N) is 1. The second-order valence-corrected chi connectivity index (χ2v) is 5.23. The summed E-state index contributed by atoms with van der Waals surface area (Å²) in [5, 5.41) is 3.38. The van der Waals surface area contributed by atoms with Gasteiger partial charge in [-0.15, -0.1) is 0 Å². The molecule has 106 valence electrons. The maximum Gasteiger partial charge on any atom is 0.121 e. The van der Waals surface area contributed by atoms with E-state index in [9.17, 15) is 0 Å². The van der Waals surface area contributed by atoms with Gasteiger partial charge < -0.3 is 15.0 Å². The molecule has 3 heteroatoms. The fraction of sp³-hybridized carbons (Fsp3) is 0.625. The van der Waals surface area contributed by atoms with Gasteiger partial charge >= 0.3 is 0 Å². The van der Waals surface area contributed by atoms with Crippen molar-refractivity contribution in [3.05, 3.63) is 24.3 Å². The highest BCUT2D eigenvalue weighted by Gasteiger charge is 2.11. The van der Waals surface area contributed by atoms with Gasteiger partial charge in [0, 0.05) is 37.9 Å². The predicted molar refractivity (Wildman–Crippen MR) is 81.1 cm³/mol. The Balaban J connectivity index is 1.94. The molecule has 2 rings (SSSR count). The van der Waals surface area contributed by atoms with Crippen LogP contribution in [0.15, 0.2) is 24.3 Å². The van der Waals surface area contributed by atoms with E-state index in [-0.39, 0.29) is 0 Å². The smallest absolute Gasteiger partial charge is 0.121 e. The Hall–Kier alpha value is -1.22. The number of hydrogen-bond donors (Lipinski definition) is 1. The molecule has 1 fully saturated rings. The van der Waals surface area contributed by atoms with E-state index in [1.165, 1.54) is 18.5 Å². The Labute approximate surface area is 116 Å². The van der Waals surface area contributed by atoms with E-state index in [1.807, 2.05) is 0 Å². The Morgan fingerprint density at radius 1 is 1.21 bits per heavy atom. The van der Waals surface area contributed by atoms with Crippen LogP contribution in [-0.2, 0) is 0 Å². The topological polar surface area (TPSA) is 24.5 Å². The summed E-state index contributed by atoms with van der Waals surface area (Å²) in [4.78, 5) is 2.42. The molecule has 0 bridgehead atoms. The van der Waals surface area contributed by atoms with Crippen LogP contribution in [0.4, 0.5) is 5.69 Å². The molecule has 0 aliphatic carbocycles. The van der Waals surface area contributed by atoms with E-state index in [0.717, 1.165) is 38.5 Å². The number of rotatable bonds is 6. The molecule has 3 nitrogen and oxygen atoms in total. The lowest BCUT2D eigenvalue weighted by Crippen LogP contribution is -2.43. The molecule has 1 heterocycles. The van der Waals surface area contributed by atoms with Crippen LogP contribution in [-0.4, -0.2) is 32.8 Å². The first-order valence-electron chi connectivity index (χ1n) is 7.52. The highest BCUT2D eigenvalue weighted by atomic mass is 16.5. The van der Waals surface area contributed by atoms with Crippen LogP contribution in [0.3, 0.4) is 0 Å². The van der Waals surface area contributed by atoms with Gasteiger partial charge in [0.05, 0.1) is 6.61 Å². The monoisotopic (exact) mass is 262 g/mol. The molecule has 0 spiro atoms. The summed E-state index contributed by atoms with van der Waals surface area (Å²) in [6, 6.07) is 8.51. The number of nitrogens with one attached hydrogen (secondary N) is 1. The maximum absolute atomic E-state index is 5.94. The molecule has 0 atom stereocenters. The third-order valence-electron chi connectivity index (χ3n) is 3.94. The molecule has 1 N–H and O–H groups in total. The largest absolute Gasteiger partial charge is 0.493 e. The first-order valence-corrected chi connectivity index (χ1v) is 7.52. The number of anilines is 1. The number of ether oxygens (including phenoxy) is 1. The molecule has 1 aliphatic heterocycles. The molecule has 0 amide bonds. The van der Waals surface area contributed by atoms with Gasteiger partial charge in [0.2, 0.25) is 0 Å². The van der Waals surface area contributed by atoms with Crippen LogP contribution in [0.1, 0.15) is 26.7 Å². The van der Waals surface area contributed by atoms with E-state index in [1.54, 1.807) is 0 Å². The van der Waals surface area contributed by atoms with Crippen molar-refractivity contribution >= 4 is 5.69 Å². The molecular formula is C16H26N2O.